The van der Waals surface area contributed by atoms with Gasteiger partial charge >= 0.3 is 0 Å². The van der Waals surface area contributed by atoms with Crippen LogP contribution in [0.2, 0.25) is 10.0 Å². The van der Waals surface area contributed by atoms with Crippen LogP contribution >= 0.6 is 23.2 Å². The lowest BCUT2D eigenvalue weighted by Crippen LogP contribution is -2.44. The molecule has 1 atom stereocenters. The number of carbonyl (C=O) groups is 2. The van der Waals surface area contributed by atoms with Crippen molar-refractivity contribution in [2.75, 3.05) is 18.4 Å². The highest BCUT2D eigenvalue weighted by molar-refractivity contribution is 7.88. The number of nitrogens with zero attached hydrogens (tertiary/aromatic N) is 1. The molecule has 0 bridgehead atoms. The first-order valence-electron chi connectivity index (χ1n) is 9.28. The molecule has 1 aliphatic rings. The van der Waals surface area contributed by atoms with Crippen LogP contribution in [0.25, 0.3) is 0 Å². The van der Waals surface area contributed by atoms with Crippen LogP contribution in [0, 0.1) is 5.92 Å². The van der Waals surface area contributed by atoms with Crippen LogP contribution in [0.3, 0.4) is 0 Å². The molecule has 0 saturated carbocycles. The van der Waals surface area contributed by atoms with Gasteiger partial charge in [0.15, 0.2) is 0 Å². The number of anilines is 1. The smallest absolute Gasteiger partial charge is 0.248 e. The van der Waals surface area contributed by atoms with Crippen LogP contribution in [0.1, 0.15) is 28.8 Å². The first kappa shape index (κ1) is 22.6. The van der Waals surface area contributed by atoms with Gasteiger partial charge in [-0.15, -0.1) is 0 Å². The van der Waals surface area contributed by atoms with Gasteiger partial charge in [-0.1, -0.05) is 29.3 Å². The Morgan fingerprint density at radius 1 is 1.13 bits per heavy atom. The zero-order chi connectivity index (χ0) is 21.9. The maximum absolute atomic E-state index is 12.9. The van der Waals surface area contributed by atoms with E-state index in [0.29, 0.717) is 41.2 Å². The Balaban J connectivity index is 1.66. The van der Waals surface area contributed by atoms with E-state index < -0.39 is 21.8 Å². The summed E-state index contributed by atoms with van der Waals surface area (Å²) < 4.78 is 27.1. The first-order valence-corrected chi connectivity index (χ1v) is 11.6. The molecule has 0 aliphatic carbocycles. The molecular weight excluding hydrogens is 449 g/mol. The quantitative estimate of drug-likeness (QED) is 0.675. The van der Waals surface area contributed by atoms with E-state index in [1.807, 2.05) is 0 Å². The van der Waals surface area contributed by atoms with Crippen LogP contribution < -0.4 is 11.1 Å². The molecule has 30 heavy (non-hydrogen) atoms. The summed E-state index contributed by atoms with van der Waals surface area (Å²) in [4.78, 5) is 23.8. The van der Waals surface area contributed by atoms with E-state index in [-0.39, 0.29) is 23.2 Å². The molecule has 1 aliphatic heterocycles. The summed E-state index contributed by atoms with van der Waals surface area (Å²) in [5, 5.41) is 3.49. The highest BCUT2D eigenvalue weighted by atomic mass is 35.5. The summed E-state index contributed by atoms with van der Waals surface area (Å²) in [5.74, 6) is -1.57. The fourth-order valence-electron chi connectivity index (χ4n) is 3.30. The van der Waals surface area contributed by atoms with E-state index in [1.165, 1.54) is 22.5 Å². The molecule has 1 unspecified atom stereocenters. The van der Waals surface area contributed by atoms with E-state index >= 15 is 0 Å². The van der Waals surface area contributed by atoms with Crippen LogP contribution in [-0.2, 0) is 20.6 Å². The Hall–Kier alpha value is -2.13. The van der Waals surface area contributed by atoms with Crippen molar-refractivity contribution in [3.8, 4) is 0 Å². The van der Waals surface area contributed by atoms with Crippen molar-refractivity contribution in [3.05, 3.63) is 63.6 Å². The minimum Gasteiger partial charge on any atom is -0.366 e. The molecule has 0 radical (unpaired) electrons. The van der Waals surface area contributed by atoms with Gasteiger partial charge in [0, 0.05) is 34.4 Å². The predicted octanol–water partition coefficient (Wildman–Crippen LogP) is 3.27. The van der Waals surface area contributed by atoms with Crippen LogP contribution in [-0.4, -0.2) is 37.6 Å². The summed E-state index contributed by atoms with van der Waals surface area (Å²) in [6, 6.07) is 10.9. The van der Waals surface area contributed by atoms with Crippen LogP contribution in [0.5, 0.6) is 0 Å². The monoisotopic (exact) mass is 469 g/mol. The summed E-state index contributed by atoms with van der Waals surface area (Å²) >= 11 is 12.0. The minimum absolute atomic E-state index is 0.0960. The van der Waals surface area contributed by atoms with E-state index in [2.05, 4.69) is 5.32 Å². The van der Waals surface area contributed by atoms with Gasteiger partial charge in [0.05, 0.1) is 11.7 Å². The molecule has 0 spiro atoms. The highest BCUT2D eigenvalue weighted by Crippen LogP contribution is 2.27. The number of benzene rings is 2. The van der Waals surface area contributed by atoms with Gasteiger partial charge in [-0.2, -0.15) is 0 Å². The third-order valence-corrected chi connectivity index (χ3v) is 7.32. The average Bonchev–Trinajstić information content (AvgIpc) is 2.70. The molecule has 2 aromatic carbocycles. The molecule has 3 rings (SSSR count). The van der Waals surface area contributed by atoms with Crippen molar-refractivity contribution in [2.24, 2.45) is 11.7 Å². The zero-order valence-corrected chi connectivity index (χ0v) is 18.3. The number of piperidine rings is 1. The molecule has 10 heteroatoms. The molecule has 0 aromatic heterocycles. The van der Waals surface area contributed by atoms with E-state index in [0.717, 1.165) is 0 Å². The van der Waals surface area contributed by atoms with E-state index in [9.17, 15) is 18.0 Å². The van der Waals surface area contributed by atoms with Gasteiger partial charge in [-0.05, 0) is 54.8 Å². The van der Waals surface area contributed by atoms with Crippen molar-refractivity contribution in [2.45, 2.75) is 18.6 Å². The molecule has 1 fully saturated rings. The molecule has 2 amide bonds. The van der Waals surface area contributed by atoms with Crippen molar-refractivity contribution in [1.29, 1.82) is 0 Å². The van der Waals surface area contributed by atoms with Crippen LogP contribution in [0.4, 0.5) is 5.69 Å². The summed E-state index contributed by atoms with van der Waals surface area (Å²) in [5.41, 5.74) is 6.52. The number of amides is 2. The Labute approximate surface area is 185 Å². The van der Waals surface area contributed by atoms with Crippen molar-refractivity contribution in [1.82, 2.24) is 4.31 Å². The second-order valence-electron chi connectivity index (χ2n) is 7.12. The van der Waals surface area contributed by atoms with Gasteiger partial charge in [-0.3, -0.25) is 9.59 Å². The third-order valence-electron chi connectivity index (χ3n) is 4.94. The SMILES string of the molecule is NC(=O)c1ccc(NC(=O)C2CCCN(S(=O)(=O)Cc3ccc(Cl)cc3Cl)C2)cc1. The fourth-order valence-corrected chi connectivity index (χ4v) is 5.49. The zero-order valence-electron chi connectivity index (χ0n) is 16.0. The third kappa shape index (κ3) is 5.51. The Bertz CT molecular complexity index is 1060. The van der Waals surface area contributed by atoms with Gasteiger partial charge in [0.2, 0.25) is 21.8 Å². The molecule has 2 aromatic rings. The molecule has 1 heterocycles. The molecule has 3 N–H and O–H groups in total. The number of rotatable bonds is 6. The number of carbonyl (C=O) groups excluding carboxylic acids is 2. The fraction of sp³-hybridized carbons (Fsp3) is 0.300. The number of sulfonamides is 1. The van der Waals surface area contributed by atoms with E-state index in [1.54, 1.807) is 24.3 Å². The van der Waals surface area contributed by atoms with Gasteiger partial charge in [0.1, 0.15) is 0 Å². The summed E-state index contributed by atoms with van der Waals surface area (Å²) in [6.45, 7) is 0.448. The minimum atomic E-state index is -3.65. The molecule has 160 valence electrons. The highest BCUT2D eigenvalue weighted by Gasteiger charge is 2.32. The largest absolute Gasteiger partial charge is 0.366 e. The summed E-state index contributed by atoms with van der Waals surface area (Å²) in [7, 11) is -3.65. The van der Waals surface area contributed by atoms with Gasteiger partial charge < -0.3 is 11.1 Å². The number of hydrogen-bond donors (Lipinski definition) is 2. The second-order valence-corrected chi connectivity index (χ2v) is 9.93. The maximum atomic E-state index is 12.9. The lowest BCUT2D eigenvalue weighted by molar-refractivity contribution is -0.120. The van der Waals surface area contributed by atoms with Gasteiger partial charge in [0.25, 0.3) is 0 Å². The lowest BCUT2D eigenvalue weighted by atomic mass is 9.98. The number of nitrogens with two attached hydrogens (primary N) is 1. The normalized spacial score (nSPS) is 17.5. The lowest BCUT2D eigenvalue weighted by Gasteiger charge is -2.31. The molecular formula is C20H21Cl2N3O4S. The Morgan fingerprint density at radius 2 is 1.83 bits per heavy atom. The number of hydrogen-bond acceptors (Lipinski definition) is 4. The predicted molar refractivity (Wildman–Crippen MR) is 117 cm³/mol. The maximum Gasteiger partial charge on any atom is 0.248 e. The Kier molecular flexibility index (Phi) is 7.02. The van der Waals surface area contributed by atoms with Gasteiger partial charge in [-0.25, -0.2) is 12.7 Å². The summed E-state index contributed by atoms with van der Waals surface area (Å²) in [6.07, 6.45) is 1.16. The Morgan fingerprint density at radius 3 is 2.47 bits per heavy atom. The number of primary amides is 1. The topological polar surface area (TPSA) is 110 Å². The number of halogens is 2. The molecule has 1 saturated heterocycles. The second kappa shape index (κ2) is 9.34. The van der Waals surface area contributed by atoms with Crippen molar-refractivity contribution < 1.29 is 18.0 Å². The van der Waals surface area contributed by atoms with Crippen molar-refractivity contribution >= 4 is 50.7 Å². The van der Waals surface area contributed by atoms with E-state index in [4.69, 9.17) is 28.9 Å². The first-order chi connectivity index (χ1) is 14.2. The molecule has 7 nitrogen and oxygen atoms in total. The number of nitrogens with one attached hydrogen (secondary N) is 1. The average molecular weight is 470 g/mol. The standard InChI is InChI=1S/C20H21Cl2N3O4S/c21-16-6-3-15(18(22)10-16)12-30(28,29)25-9-1-2-14(11-25)20(27)24-17-7-4-13(5-8-17)19(23)26/h3-8,10,14H,1-2,9,11-12H2,(H2,23,26)(H,24,27). The van der Waals surface area contributed by atoms with Crippen LogP contribution in [0.15, 0.2) is 42.5 Å². The van der Waals surface area contributed by atoms with Crippen molar-refractivity contribution in [3.63, 3.8) is 0 Å².